The largest absolute Gasteiger partial charge is 0.319 e. The van der Waals surface area contributed by atoms with Crippen molar-refractivity contribution >= 4 is 29.0 Å². The highest BCUT2D eigenvalue weighted by Gasteiger charge is 2.15. The summed E-state index contributed by atoms with van der Waals surface area (Å²) < 4.78 is 0. The smallest absolute Gasteiger partial charge is 0.167 e. The lowest BCUT2D eigenvalue weighted by Gasteiger charge is -2.10. The van der Waals surface area contributed by atoms with Crippen molar-refractivity contribution in [3.8, 4) is 0 Å². The average Bonchev–Trinajstić information content (AvgIpc) is 2.49. The molecule has 1 N–H and O–H groups in total. The van der Waals surface area contributed by atoms with Crippen molar-refractivity contribution in [3.05, 3.63) is 69.2 Å². The van der Waals surface area contributed by atoms with E-state index in [-0.39, 0.29) is 12.2 Å². The fourth-order valence-electron chi connectivity index (χ4n) is 2.23. The third-order valence-electron chi connectivity index (χ3n) is 3.36. The first kappa shape index (κ1) is 16.0. The number of hydrogen-bond acceptors (Lipinski definition) is 2. The van der Waals surface area contributed by atoms with Crippen molar-refractivity contribution in [2.24, 2.45) is 0 Å². The molecule has 0 fully saturated rings. The first-order valence-electron chi connectivity index (χ1n) is 6.82. The van der Waals surface area contributed by atoms with Crippen LogP contribution in [0.15, 0.2) is 42.5 Å². The van der Waals surface area contributed by atoms with Crippen LogP contribution in [0.1, 0.15) is 21.5 Å². The van der Waals surface area contributed by atoms with Gasteiger partial charge < -0.3 is 5.32 Å². The van der Waals surface area contributed by atoms with Crippen LogP contribution in [0.3, 0.4) is 0 Å². The van der Waals surface area contributed by atoms with E-state index in [2.05, 4.69) is 5.32 Å². The summed E-state index contributed by atoms with van der Waals surface area (Å²) in [7, 11) is 1.90. The number of nitrogens with one attached hydrogen (secondary N) is 1. The lowest BCUT2D eigenvalue weighted by atomic mass is 9.97. The zero-order chi connectivity index (χ0) is 15.2. The Balaban J connectivity index is 2.25. The van der Waals surface area contributed by atoms with E-state index in [0.717, 1.165) is 24.1 Å². The topological polar surface area (TPSA) is 29.1 Å². The highest BCUT2D eigenvalue weighted by molar-refractivity contribution is 6.36. The summed E-state index contributed by atoms with van der Waals surface area (Å²) in [4.78, 5) is 12.6. The number of carbonyl (C=O) groups is 1. The highest BCUT2D eigenvalue weighted by Crippen LogP contribution is 2.26. The van der Waals surface area contributed by atoms with Gasteiger partial charge in [-0.1, -0.05) is 53.5 Å². The minimum Gasteiger partial charge on any atom is -0.319 e. The van der Waals surface area contributed by atoms with Crippen molar-refractivity contribution in [1.29, 1.82) is 0 Å². The van der Waals surface area contributed by atoms with Gasteiger partial charge in [0, 0.05) is 22.0 Å². The third-order valence-corrected chi connectivity index (χ3v) is 4.07. The maximum atomic E-state index is 12.6. The van der Waals surface area contributed by atoms with Crippen LogP contribution >= 0.6 is 23.2 Å². The van der Waals surface area contributed by atoms with Crippen molar-refractivity contribution in [2.75, 3.05) is 13.6 Å². The van der Waals surface area contributed by atoms with Gasteiger partial charge in [0.1, 0.15) is 0 Å². The van der Waals surface area contributed by atoms with Gasteiger partial charge in [-0.05, 0) is 43.3 Å². The Morgan fingerprint density at radius 3 is 2.38 bits per heavy atom. The standard InChI is InChI=1S/C17H17Cl2NO/c1-20-10-9-12-5-2-3-6-13(12)17(21)11-14-15(18)7-4-8-16(14)19/h2-8,20H,9-11H2,1H3. The molecule has 0 amide bonds. The molecule has 0 heterocycles. The van der Waals surface area contributed by atoms with Crippen molar-refractivity contribution < 1.29 is 4.79 Å². The molecule has 0 aliphatic carbocycles. The summed E-state index contributed by atoms with van der Waals surface area (Å²) in [6.45, 7) is 0.830. The fourth-order valence-corrected chi connectivity index (χ4v) is 2.76. The van der Waals surface area contributed by atoms with Gasteiger partial charge in [-0.2, -0.15) is 0 Å². The lowest BCUT2D eigenvalue weighted by molar-refractivity contribution is 0.0992. The molecule has 0 aliphatic rings. The monoisotopic (exact) mass is 321 g/mol. The fraction of sp³-hybridized carbons (Fsp3) is 0.235. The highest BCUT2D eigenvalue weighted by atomic mass is 35.5. The molecule has 4 heteroatoms. The van der Waals surface area contributed by atoms with Gasteiger partial charge in [0.15, 0.2) is 5.78 Å². The van der Waals surface area contributed by atoms with E-state index < -0.39 is 0 Å². The van der Waals surface area contributed by atoms with E-state index >= 15 is 0 Å². The first-order chi connectivity index (χ1) is 10.1. The molecule has 0 saturated heterocycles. The van der Waals surface area contributed by atoms with Crippen molar-refractivity contribution in [3.63, 3.8) is 0 Å². The van der Waals surface area contributed by atoms with E-state index in [9.17, 15) is 4.79 Å². The Bertz CT molecular complexity index is 620. The molecular weight excluding hydrogens is 305 g/mol. The molecule has 0 saturated carbocycles. The van der Waals surface area contributed by atoms with Crippen LogP contribution in [-0.4, -0.2) is 19.4 Å². The van der Waals surface area contributed by atoms with Crippen LogP contribution in [0, 0.1) is 0 Å². The third kappa shape index (κ3) is 4.07. The Hall–Kier alpha value is -1.35. The second kappa shape index (κ2) is 7.60. The van der Waals surface area contributed by atoms with Gasteiger partial charge in [-0.25, -0.2) is 0 Å². The quantitative estimate of drug-likeness (QED) is 0.808. The van der Waals surface area contributed by atoms with Crippen LogP contribution in [0.4, 0.5) is 0 Å². The molecule has 2 rings (SSSR count). The van der Waals surface area contributed by atoms with E-state index in [1.54, 1.807) is 18.2 Å². The van der Waals surface area contributed by atoms with Crippen LogP contribution in [0.2, 0.25) is 10.0 Å². The normalized spacial score (nSPS) is 10.6. The van der Waals surface area contributed by atoms with Crippen LogP contribution in [-0.2, 0) is 12.8 Å². The van der Waals surface area contributed by atoms with Crippen molar-refractivity contribution in [2.45, 2.75) is 12.8 Å². The first-order valence-corrected chi connectivity index (χ1v) is 7.57. The molecule has 0 radical (unpaired) electrons. The lowest BCUT2D eigenvalue weighted by Crippen LogP contribution is -2.14. The van der Waals surface area contributed by atoms with Gasteiger partial charge in [0.2, 0.25) is 0 Å². The Labute approximate surface area is 135 Å². The zero-order valence-electron chi connectivity index (χ0n) is 11.8. The second-order valence-electron chi connectivity index (χ2n) is 4.81. The number of carbonyl (C=O) groups excluding carboxylic acids is 1. The van der Waals surface area contributed by atoms with E-state index in [1.165, 1.54) is 0 Å². The van der Waals surface area contributed by atoms with Gasteiger partial charge in [0.05, 0.1) is 0 Å². The van der Waals surface area contributed by atoms with Gasteiger partial charge in [-0.3, -0.25) is 4.79 Å². The van der Waals surface area contributed by atoms with Crippen LogP contribution < -0.4 is 5.32 Å². The molecule has 0 aromatic heterocycles. The molecule has 0 bridgehead atoms. The predicted molar refractivity (Wildman–Crippen MR) is 88.6 cm³/mol. The summed E-state index contributed by atoms with van der Waals surface area (Å²) in [5, 5.41) is 4.16. The molecule has 0 aliphatic heterocycles. The summed E-state index contributed by atoms with van der Waals surface area (Å²) in [5.74, 6) is 0.0386. The number of benzene rings is 2. The van der Waals surface area contributed by atoms with Crippen LogP contribution in [0.25, 0.3) is 0 Å². The summed E-state index contributed by atoms with van der Waals surface area (Å²) in [6, 6.07) is 13.0. The van der Waals surface area contributed by atoms with Gasteiger partial charge in [-0.15, -0.1) is 0 Å². The summed E-state index contributed by atoms with van der Waals surface area (Å²) in [6.07, 6.45) is 1.03. The molecule has 21 heavy (non-hydrogen) atoms. The molecule has 110 valence electrons. The maximum absolute atomic E-state index is 12.6. The molecule has 0 atom stereocenters. The maximum Gasteiger partial charge on any atom is 0.167 e. The number of likely N-dealkylation sites (N-methyl/N-ethyl adjacent to an activating group) is 1. The number of ketones is 1. The minimum atomic E-state index is 0.0386. The average molecular weight is 322 g/mol. The summed E-state index contributed by atoms with van der Waals surface area (Å²) >= 11 is 12.3. The minimum absolute atomic E-state index is 0.0386. The number of rotatable bonds is 6. The van der Waals surface area contributed by atoms with E-state index in [0.29, 0.717) is 15.6 Å². The zero-order valence-corrected chi connectivity index (χ0v) is 13.3. The Kier molecular flexibility index (Phi) is 5.80. The van der Waals surface area contributed by atoms with Gasteiger partial charge >= 0.3 is 0 Å². The number of hydrogen-bond donors (Lipinski definition) is 1. The molecule has 0 unspecified atom stereocenters. The molecule has 2 aromatic rings. The predicted octanol–water partition coefficient (Wildman–Crippen LogP) is 4.18. The second-order valence-corrected chi connectivity index (χ2v) is 5.63. The van der Waals surface area contributed by atoms with E-state index in [1.807, 2.05) is 31.3 Å². The SMILES string of the molecule is CNCCc1ccccc1C(=O)Cc1c(Cl)cccc1Cl. The summed E-state index contributed by atoms with van der Waals surface area (Å²) in [5.41, 5.74) is 2.47. The molecule has 0 spiro atoms. The number of Topliss-reactive ketones (excluding diaryl/α,β-unsaturated/α-hetero) is 1. The Morgan fingerprint density at radius 1 is 1.05 bits per heavy atom. The van der Waals surface area contributed by atoms with Gasteiger partial charge in [0.25, 0.3) is 0 Å². The number of halogens is 2. The van der Waals surface area contributed by atoms with Crippen molar-refractivity contribution in [1.82, 2.24) is 5.32 Å². The molecule has 2 aromatic carbocycles. The van der Waals surface area contributed by atoms with E-state index in [4.69, 9.17) is 23.2 Å². The Morgan fingerprint density at radius 2 is 1.71 bits per heavy atom. The molecule has 2 nitrogen and oxygen atoms in total. The van der Waals surface area contributed by atoms with Crippen LogP contribution in [0.5, 0.6) is 0 Å². The molecular formula is C17H17Cl2NO.